The smallest absolute Gasteiger partial charge is 0.337 e. The van der Waals surface area contributed by atoms with Crippen LogP contribution in [0.3, 0.4) is 0 Å². The first-order chi connectivity index (χ1) is 11.4. The number of nitrogens with one attached hydrogen (secondary N) is 1. The minimum atomic E-state index is -1.20. The highest BCUT2D eigenvalue weighted by Gasteiger charge is 2.12. The van der Waals surface area contributed by atoms with E-state index in [-0.39, 0.29) is 22.0 Å². The number of nitro benzene ring substituents is 1. The third-order valence-corrected chi connectivity index (χ3v) is 3.21. The zero-order valence-corrected chi connectivity index (χ0v) is 12.9. The number of benzene rings is 2. The van der Waals surface area contributed by atoms with Gasteiger partial charge in [-0.3, -0.25) is 14.9 Å². The molecule has 122 valence electrons. The number of non-ortho nitro benzene ring substituents is 1. The predicted molar refractivity (Wildman–Crippen MR) is 89.2 cm³/mol. The van der Waals surface area contributed by atoms with Crippen molar-refractivity contribution in [1.82, 2.24) is 0 Å². The lowest BCUT2D eigenvalue weighted by molar-refractivity contribution is -0.384. The van der Waals surface area contributed by atoms with Gasteiger partial charge in [0.15, 0.2) is 0 Å². The van der Waals surface area contributed by atoms with E-state index in [9.17, 15) is 19.7 Å². The van der Waals surface area contributed by atoms with E-state index in [1.54, 1.807) is 6.07 Å². The van der Waals surface area contributed by atoms with Crippen molar-refractivity contribution in [2.75, 3.05) is 5.32 Å². The number of rotatable bonds is 5. The highest BCUT2D eigenvalue weighted by molar-refractivity contribution is 6.31. The van der Waals surface area contributed by atoms with E-state index in [0.29, 0.717) is 5.56 Å². The molecule has 8 heteroatoms. The first-order valence-electron chi connectivity index (χ1n) is 6.63. The number of halogens is 1. The van der Waals surface area contributed by atoms with Gasteiger partial charge in [0.05, 0.1) is 16.2 Å². The molecule has 2 aromatic carbocycles. The molecule has 0 aliphatic carbocycles. The zero-order valence-electron chi connectivity index (χ0n) is 12.1. The number of carboxylic acid groups (broad SMARTS) is 1. The second kappa shape index (κ2) is 7.38. The molecule has 2 N–H and O–H groups in total. The van der Waals surface area contributed by atoms with Crippen molar-refractivity contribution < 1.29 is 19.6 Å². The molecular formula is C16H11ClN2O5. The largest absolute Gasteiger partial charge is 0.478 e. The molecule has 0 saturated carbocycles. The Labute approximate surface area is 141 Å². The van der Waals surface area contributed by atoms with Gasteiger partial charge in [0.2, 0.25) is 5.91 Å². The summed E-state index contributed by atoms with van der Waals surface area (Å²) < 4.78 is 0. The van der Waals surface area contributed by atoms with E-state index in [1.165, 1.54) is 42.5 Å². The van der Waals surface area contributed by atoms with Crippen molar-refractivity contribution in [3.63, 3.8) is 0 Å². The number of nitrogens with zero attached hydrogens (tertiary/aromatic N) is 1. The van der Waals surface area contributed by atoms with Gasteiger partial charge in [-0.1, -0.05) is 23.7 Å². The van der Waals surface area contributed by atoms with Crippen LogP contribution in [0, 0.1) is 10.1 Å². The van der Waals surface area contributed by atoms with Crippen LogP contribution < -0.4 is 5.32 Å². The van der Waals surface area contributed by atoms with Crippen LogP contribution >= 0.6 is 11.6 Å². The van der Waals surface area contributed by atoms with Crippen LogP contribution in [0.15, 0.2) is 48.5 Å². The molecule has 7 nitrogen and oxygen atoms in total. The van der Waals surface area contributed by atoms with Gasteiger partial charge >= 0.3 is 5.97 Å². The van der Waals surface area contributed by atoms with Crippen LogP contribution in [-0.4, -0.2) is 21.9 Å². The molecule has 0 heterocycles. The Hall–Kier alpha value is -3.19. The number of carboxylic acids is 1. The van der Waals surface area contributed by atoms with Gasteiger partial charge < -0.3 is 10.4 Å². The number of carbonyl (C=O) groups excluding carboxylic acids is 1. The van der Waals surface area contributed by atoms with E-state index in [1.807, 2.05) is 0 Å². The van der Waals surface area contributed by atoms with Gasteiger partial charge in [-0.05, 0) is 29.8 Å². The topological polar surface area (TPSA) is 110 Å². The maximum atomic E-state index is 11.9. The fraction of sp³-hybridized carbons (Fsp3) is 0. The number of amides is 1. The number of anilines is 1. The molecule has 0 atom stereocenters. The van der Waals surface area contributed by atoms with Gasteiger partial charge in [0, 0.05) is 23.2 Å². The van der Waals surface area contributed by atoms with Crippen molar-refractivity contribution >= 4 is 40.9 Å². The summed E-state index contributed by atoms with van der Waals surface area (Å²) in [4.78, 5) is 33.2. The molecule has 0 saturated heterocycles. The molecule has 2 rings (SSSR count). The quantitative estimate of drug-likeness (QED) is 0.488. The van der Waals surface area contributed by atoms with Gasteiger partial charge in [-0.2, -0.15) is 0 Å². The van der Waals surface area contributed by atoms with Gasteiger partial charge in [0.1, 0.15) is 0 Å². The lowest BCUT2D eigenvalue weighted by atomic mass is 10.1. The maximum Gasteiger partial charge on any atom is 0.337 e. The molecule has 0 aromatic heterocycles. The summed E-state index contributed by atoms with van der Waals surface area (Å²) in [7, 11) is 0. The number of hydrogen-bond donors (Lipinski definition) is 2. The van der Waals surface area contributed by atoms with Crippen molar-refractivity contribution in [2.24, 2.45) is 0 Å². The van der Waals surface area contributed by atoms with Gasteiger partial charge in [-0.15, -0.1) is 0 Å². The summed E-state index contributed by atoms with van der Waals surface area (Å²) in [6.45, 7) is 0. The third kappa shape index (κ3) is 4.40. The summed E-state index contributed by atoms with van der Waals surface area (Å²) >= 11 is 5.80. The fourth-order valence-corrected chi connectivity index (χ4v) is 2.07. The van der Waals surface area contributed by atoms with Crippen molar-refractivity contribution in [3.05, 3.63) is 74.8 Å². The Morgan fingerprint density at radius 2 is 1.96 bits per heavy atom. The summed E-state index contributed by atoms with van der Waals surface area (Å²) in [5.74, 6) is -1.80. The first kappa shape index (κ1) is 17.2. The average molecular weight is 347 g/mol. The highest BCUT2D eigenvalue weighted by atomic mass is 35.5. The van der Waals surface area contributed by atoms with Crippen LogP contribution in [0.4, 0.5) is 11.4 Å². The van der Waals surface area contributed by atoms with Crippen LogP contribution in [0.5, 0.6) is 0 Å². The summed E-state index contributed by atoms with van der Waals surface area (Å²) in [5.41, 5.74) is 0.324. The van der Waals surface area contributed by atoms with Crippen molar-refractivity contribution in [1.29, 1.82) is 0 Å². The number of nitro groups is 1. The molecule has 0 unspecified atom stereocenters. The van der Waals surface area contributed by atoms with Crippen LogP contribution in [0.2, 0.25) is 5.02 Å². The van der Waals surface area contributed by atoms with E-state index in [2.05, 4.69) is 5.32 Å². The van der Waals surface area contributed by atoms with Gasteiger partial charge in [-0.25, -0.2) is 4.79 Å². The Kier molecular flexibility index (Phi) is 5.28. The summed E-state index contributed by atoms with van der Waals surface area (Å²) in [5, 5.41) is 22.5. The molecular weight excluding hydrogens is 336 g/mol. The first-order valence-corrected chi connectivity index (χ1v) is 7.01. The second-order valence-corrected chi connectivity index (χ2v) is 5.11. The summed E-state index contributed by atoms with van der Waals surface area (Å²) in [6, 6.07) is 9.75. The Balaban J connectivity index is 2.17. The molecule has 1 amide bonds. The van der Waals surface area contributed by atoms with E-state index in [4.69, 9.17) is 16.7 Å². The molecule has 0 radical (unpaired) electrons. The van der Waals surface area contributed by atoms with E-state index >= 15 is 0 Å². The third-order valence-electron chi connectivity index (χ3n) is 2.98. The molecule has 0 bridgehead atoms. The molecule has 0 fully saturated rings. The Morgan fingerprint density at radius 1 is 1.21 bits per heavy atom. The highest BCUT2D eigenvalue weighted by Crippen LogP contribution is 2.21. The lowest BCUT2D eigenvalue weighted by Crippen LogP contribution is -2.12. The number of aromatic carboxylic acids is 1. The zero-order chi connectivity index (χ0) is 17.7. The normalized spacial score (nSPS) is 10.5. The minimum absolute atomic E-state index is 0.0590. The van der Waals surface area contributed by atoms with Crippen LogP contribution in [0.1, 0.15) is 15.9 Å². The monoisotopic (exact) mass is 346 g/mol. The molecule has 0 spiro atoms. The Morgan fingerprint density at radius 3 is 2.62 bits per heavy atom. The minimum Gasteiger partial charge on any atom is -0.478 e. The van der Waals surface area contributed by atoms with E-state index in [0.717, 1.165) is 6.08 Å². The second-order valence-electron chi connectivity index (χ2n) is 4.67. The lowest BCUT2D eigenvalue weighted by Gasteiger charge is -2.07. The SMILES string of the molecule is O=C(/C=C/c1cccc([N+](=O)[O-])c1)Nc1cc(Cl)ccc1C(=O)O. The van der Waals surface area contributed by atoms with Crippen LogP contribution in [0.25, 0.3) is 6.08 Å². The van der Waals surface area contributed by atoms with Crippen LogP contribution in [-0.2, 0) is 4.79 Å². The Bertz CT molecular complexity index is 848. The number of carbonyl (C=O) groups is 2. The van der Waals surface area contributed by atoms with Crippen molar-refractivity contribution in [3.8, 4) is 0 Å². The average Bonchev–Trinajstić information content (AvgIpc) is 2.53. The molecule has 0 aliphatic heterocycles. The standard InChI is InChI=1S/C16H11ClN2O5/c17-11-5-6-13(16(21)22)14(9-11)18-15(20)7-4-10-2-1-3-12(8-10)19(23)24/h1-9H,(H,18,20)(H,21,22)/b7-4+. The molecule has 24 heavy (non-hydrogen) atoms. The van der Waals surface area contributed by atoms with Gasteiger partial charge in [0.25, 0.3) is 5.69 Å². The molecule has 2 aromatic rings. The number of hydrogen-bond acceptors (Lipinski definition) is 4. The summed E-state index contributed by atoms with van der Waals surface area (Å²) in [6.07, 6.45) is 2.53. The van der Waals surface area contributed by atoms with Crippen molar-refractivity contribution in [2.45, 2.75) is 0 Å². The predicted octanol–water partition coefficient (Wildman–Crippen LogP) is 3.60. The fourth-order valence-electron chi connectivity index (χ4n) is 1.89. The molecule has 0 aliphatic rings. The maximum absolute atomic E-state index is 11.9. The van der Waals surface area contributed by atoms with E-state index < -0.39 is 16.8 Å².